The van der Waals surface area contributed by atoms with E-state index in [9.17, 15) is 0 Å². The number of anilines is 1. The molecule has 4 heterocycles. The molecule has 9 heteroatoms. The molecule has 0 aromatic carbocycles. The summed E-state index contributed by atoms with van der Waals surface area (Å²) in [6, 6.07) is 0. The Kier molecular flexibility index (Phi) is 2.05. The number of hydrogen-bond acceptors (Lipinski definition) is 6. The van der Waals surface area contributed by atoms with Gasteiger partial charge in [0.25, 0.3) is 0 Å². The molecule has 20 heavy (non-hydrogen) atoms. The van der Waals surface area contributed by atoms with E-state index >= 15 is 0 Å². The van der Waals surface area contributed by atoms with Crippen LogP contribution in [0, 0.1) is 0 Å². The van der Waals surface area contributed by atoms with Crippen LogP contribution in [0.2, 0.25) is 0 Å². The summed E-state index contributed by atoms with van der Waals surface area (Å²) >= 11 is 0. The monoisotopic (exact) mass is 269 g/mol. The molecule has 0 amide bonds. The second-order valence-electron chi connectivity index (χ2n) is 4.34. The lowest BCUT2D eigenvalue weighted by atomic mass is 10.3. The fraction of sp³-hybridized carbons (Fsp3) is 0.182. The molecule has 0 radical (unpaired) electrons. The number of nitrogens with one attached hydrogen (secondary N) is 1. The fourth-order valence-electron chi connectivity index (χ4n) is 2.23. The maximum atomic E-state index is 5.96. The Bertz CT molecular complexity index is 913. The van der Waals surface area contributed by atoms with Gasteiger partial charge in [0, 0.05) is 6.54 Å². The molecule has 0 spiro atoms. The van der Waals surface area contributed by atoms with Crippen LogP contribution in [-0.4, -0.2) is 39.6 Å². The first-order valence-corrected chi connectivity index (χ1v) is 6.14. The first-order valence-electron chi connectivity index (χ1n) is 6.14. The number of hydrogen-bond donors (Lipinski definition) is 2. The van der Waals surface area contributed by atoms with Crippen molar-refractivity contribution in [3.8, 4) is 11.5 Å². The number of nitrogen functional groups attached to an aromatic ring is 1. The van der Waals surface area contributed by atoms with E-state index in [0.717, 1.165) is 5.39 Å². The smallest absolute Gasteiger partial charge is 0.202 e. The van der Waals surface area contributed by atoms with E-state index in [2.05, 4.69) is 30.4 Å². The Balaban J connectivity index is 2.03. The first kappa shape index (κ1) is 10.9. The van der Waals surface area contributed by atoms with E-state index in [1.807, 2.05) is 6.92 Å². The largest absolute Gasteiger partial charge is 0.396 e. The van der Waals surface area contributed by atoms with Gasteiger partial charge in [-0.15, -0.1) is 5.10 Å². The van der Waals surface area contributed by atoms with E-state index in [1.54, 1.807) is 27.9 Å². The molecule has 4 aromatic rings. The topological polar surface area (TPSA) is 116 Å². The highest BCUT2D eigenvalue weighted by Gasteiger charge is 2.17. The number of fused-ring (bicyclic) bond motifs is 3. The van der Waals surface area contributed by atoms with Crippen molar-refractivity contribution in [3.63, 3.8) is 0 Å². The van der Waals surface area contributed by atoms with E-state index < -0.39 is 0 Å². The van der Waals surface area contributed by atoms with Crippen LogP contribution in [0.15, 0.2) is 18.7 Å². The Morgan fingerprint density at radius 3 is 3.10 bits per heavy atom. The summed E-state index contributed by atoms with van der Waals surface area (Å²) in [5.41, 5.74) is 8.58. The van der Waals surface area contributed by atoms with Gasteiger partial charge in [0.2, 0.25) is 5.82 Å². The van der Waals surface area contributed by atoms with Crippen molar-refractivity contribution in [2.24, 2.45) is 0 Å². The summed E-state index contributed by atoms with van der Waals surface area (Å²) in [7, 11) is 0. The summed E-state index contributed by atoms with van der Waals surface area (Å²) in [5, 5.41) is 16.2. The highest BCUT2D eigenvalue weighted by Crippen LogP contribution is 2.24. The van der Waals surface area contributed by atoms with Crippen molar-refractivity contribution in [2.45, 2.75) is 13.5 Å². The van der Waals surface area contributed by atoms with Crippen LogP contribution in [0.5, 0.6) is 0 Å². The minimum Gasteiger partial charge on any atom is -0.396 e. The molecule has 0 atom stereocenters. The van der Waals surface area contributed by atoms with Crippen molar-refractivity contribution in [1.82, 2.24) is 39.6 Å². The molecule has 0 saturated carbocycles. The van der Waals surface area contributed by atoms with Gasteiger partial charge in [-0.2, -0.15) is 10.2 Å². The summed E-state index contributed by atoms with van der Waals surface area (Å²) < 4.78 is 3.38. The van der Waals surface area contributed by atoms with Crippen LogP contribution in [0.1, 0.15) is 6.92 Å². The molecule has 4 rings (SSSR count). The number of nitrogens with zero attached hydrogens (tertiary/aromatic N) is 7. The second kappa shape index (κ2) is 3.76. The minimum atomic E-state index is 0.525. The van der Waals surface area contributed by atoms with Crippen LogP contribution in [0.4, 0.5) is 5.69 Å². The molecular formula is C11H11N9. The zero-order valence-electron chi connectivity index (χ0n) is 10.6. The maximum Gasteiger partial charge on any atom is 0.202 e. The summed E-state index contributed by atoms with van der Waals surface area (Å²) in [6.45, 7) is 2.68. The number of aromatic nitrogens is 8. The fourth-order valence-corrected chi connectivity index (χ4v) is 2.23. The normalized spacial score (nSPS) is 11.7. The van der Waals surface area contributed by atoms with Crippen LogP contribution in [0.3, 0.4) is 0 Å². The van der Waals surface area contributed by atoms with Crippen LogP contribution >= 0.6 is 0 Å². The van der Waals surface area contributed by atoms with Crippen molar-refractivity contribution >= 4 is 22.4 Å². The molecule has 9 nitrogen and oxygen atoms in total. The zero-order valence-corrected chi connectivity index (χ0v) is 10.6. The highest BCUT2D eigenvalue weighted by atomic mass is 15.4. The predicted molar refractivity (Wildman–Crippen MR) is 71.7 cm³/mol. The first-order chi connectivity index (χ1) is 9.78. The lowest BCUT2D eigenvalue weighted by Crippen LogP contribution is -2.01. The number of aromatic amines is 1. The van der Waals surface area contributed by atoms with Crippen molar-refractivity contribution in [3.05, 3.63) is 18.7 Å². The molecule has 4 aromatic heterocycles. The third kappa shape index (κ3) is 1.34. The van der Waals surface area contributed by atoms with Crippen LogP contribution in [0.25, 0.3) is 28.2 Å². The van der Waals surface area contributed by atoms with Gasteiger partial charge in [-0.3, -0.25) is 9.78 Å². The number of H-pyrrole nitrogens is 1. The Morgan fingerprint density at radius 1 is 1.35 bits per heavy atom. The molecular weight excluding hydrogens is 258 g/mol. The van der Waals surface area contributed by atoms with Gasteiger partial charge in [0.05, 0.1) is 23.5 Å². The van der Waals surface area contributed by atoms with Gasteiger partial charge in [-0.1, -0.05) is 0 Å². The van der Waals surface area contributed by atoms with Gasteiger partial charge in [-0.25, -0.2) is 14.5 Å². The highest BCUT2D eigenvalue weighted by molar-refractivity contribution is 5.88. The third-order valence-corrected chi connectivity index (χ3v) is 3.17. The van der Waals surface area contributed by atoms with Crippen molar-refractivity contribution in [1.29, 1.82) is 0 Å². The van der Waals surface area contributed by atoms with E-state index in [1.165, 1.54) is 0 Å². The standard InChI is InChI=1S/C11H11N9/c1-2-19-8(7(12)4-15-19)10-16-11-6-3-14-17-9(6)13-5-20(11)18-10/h3-5H,2,12H2,1H3,(H,14,17). The number of aryl methyl sites for hydroxylation is 1. The maximum absolute atomic E-state index is 5.96. The minimum absolute atomic E-state index is 0.525. The Labute approximate surface area is 112 Å². The van der Waals surface area contributed by atoms with E-state index in [4.69, 9.17) is 5.73 Å². The predicted octanol–water partition coefficient (Wildman–Crippen LogP) is 0.466. The number of nitrogens with two attached hydrogens (primary N) is 1. The summed E-state index contributed by atoms with van der Waals surface area (Å²) in [6.07, 6.45) is 4.88. The molecule has 0 aliphatic carbocycles. The van der Waals surface area contributed by atoms with Gasteiger partial charge in [0.1, 0.15) is 12.0 Å². The van der Waals surface area contributed by atoms with Crippen LogP contribution in [-0.2, 0) is 6.54 Å². The van der Waals surface area contributed by atoms with Gasteiger partial charge < -0.3 is 5.73 Å². The second-order valence-corrected chi connectivity index (χ2v) is 4.34. The van der Waals surface area contributed by atoms with E-state index in [-0.39, 0.29) is 0 Å². The quantitative estimate of drug-likeness (QED) is 0.546. The van der Waals surface area contributed by atoms with E-state index in [0.29, 0.717) is 35.0 Å². The zero-order chi connectivity index (χ0) is 13.7. The SMILES string of the molecule is CCn1ncc(N)c1-c1nc2c3cn[nH]c3ncn2n1. The van der Waals surface area contributed by atoms with Crippen molar-refractivity contribution in [2.75, 3.05) is 5.73 Å². The lowest BCUT2D eigenvalue weighted by Gasteiger charge is -2.00. The Hall–Kier alpha value is -2.97. The molecule has 0 unspecified atom stereocenters. The molecule has 0 saturated heterocycles. The summed E-state index contributed by atoms with van der Waals surface area (Å²) in [4.78, 5) is 8.75. The lowest BCUT2D eigenvalue weighted by molar-refractivity contribution is 0.663. The molecule has 0 bridgehead atoms. The van der Waals surface area contributed by atoms with Crippen molar-refractivity contribution < 1.29 is 0 Å². The van der Waals surface area contributed by atoms with Gasteiger partial charge in [-0.05, 0) is 6.92 Å². The summed E-state index contributed by atoms with van der Waals surface area (Å²) in [5.74, 6) is 0.525. The molecule has 100 valence electrons. The molecule has 0 fully saturated rings. The molecule has 0 aliphatic rings. The van der Waals surface area contributed by atoms with Crippen LogP contribution < -0.4 is 5.73 Å². The molecule has 3 N–H and O–H groups in total. The average Bonchev–Trinajstić information content (AvgIpc) is 3.13. The van der Waals surface area contributed by atoms with Gasteiger partial charge >= 0.3 is 0 Å². The molecule has 0 aliphatic heterocycles. The average molecular weight is 269 g/mol. The number of rotatable bonds is 2. The van der Waals surface area contributed by atoms with Gasteiger partial charge in [0.15, 0.2) is 11.3 Å². The third-order valence-electron chi connectivity index (χ3n) is 3.17. The Morgan fingerprint density at radius 2 is 2.25 bits per heavy atom.